The van der Waals surface area contributed by atoms with E-state index in [1.807, 2.05) is 0 Å². The normalized spacial score (nSPS) is 9.62. The molecular formula is C8H11N3O2. The number of carbonyl (C=O) groups is 1. The molecule has 0 fully saturated rings. The van der Waals surface area contributed by atoms with E-state index in [0.29, 0.717) is 13.2 Å². The SMILES string of the molecule is COCCNC(=O)c1ncccn1. The lowest BCUT2D eigenvalue weighted by Gasteiger charge is -2.01. The van der Waals surface area contributed by atoms with Crippen LogP contribution in [-0.2, 0) is 4.74 Å². The number of ether oxygens (including phenoxy) is 1. The molecule has 0 spiro atoms. The second-order valence-corrected chi connectivity index (χ2v) is 2.32. The number of aromatic nitrogens is 2. The summed E-state index contributed by atoms with van der Waals surface area (Å²) < 4.78 is 4.77. The van der Waals surface area contributed by atoms with Crippen molar-refractivity contribution >= 4 is 5.91 Å². The topological polar surface area (TPSA) is 64.1 Å². The molecule has 13 heavy (non-hydrogen) atoms. The highest BCUT2D eigenvalue weighted by Crippen LogP contribution is 1.86. The molecule has 1 heterocycles. The van der Waals surface area contributed by atoms with Crippen LogP contribution in [-0.4, -0.2) is 36.1 Å². The maximum absolute atomic E-state index is 11.2. The molecular weight excluding hydrogens is 170 g/mol. The summed E-state index contributed by atoms with van der Waals surface area (Å²) in [5.41, 5.74) is 0. The standard InChI is InChI=1S/C8H11N3O2/c1-13-6-5-11-8(12)7-9-3-2-4-10-7/h2-4H,5-6H2,1H3,(H,11,12). The summed E-state index contributed by atoms with van der Waals surface area (Å²) in [5.74, 6) is -0.101. The summed E-state index contributed by atoms with van der Waals surface area (Å²) in [4.78, 5) is 18.8. The minimum absolute atomic E-state index is 0.179. The van der Waals surface area contributed by atoms with Crippen LogP contribution in [0.15, 0.2) is 18.5 Å². The Labute approximate surface area is 76.2 Å². The molecule has 5 nitrogen and oxygen atoms in total. The van der Waals surface area contributed by atoms with Gasteiger partial charge in [-0.2, -0.15) is 0 Å². The van der Waals surface area contributed by atoms with Gasteiger partial charge in [-0.15, -0.1) is 0 Å². The number of amides is 1. The van der Waals surface area contributed by atoms with Crippen LogP contribution in [0.5, 0.6) is 0 Å². The number of hydrogen-bond donors (Lipinski definition) is 1. The molecule has 0 bridgehead atoms. The lowest BCUT2D eigenvalue weighted by Crippen LogP contribution is -2.28. The average Bonchev–Trinajstić information content (AvgIpc) is 2.19. The van der Waals surface area contributed by atoms with Crippen LogP contribution in [0.4, 0.5) is 0 Å². The fourth-order valence-electron chi connectivity index (χ4n) is 0.762. The first-order valence-electron chi connectivity index (χ1n) is 3.88. The Bertz CT molecular complexity index is 263. The van der Waals surface area contributed by atoms with E-state index in [-0.39, 0.29) is 11.7 Å². The monoisotopic (exact) mass is 181 g/mol. The molecule has 0 atom stereocenters. The Hall–Kier alpha value is -1.49. The third-order valence-electron chi connectivity index (χ3n) is 1.36. The molecule has 0 radical (unpaired) electrons. The van der Waals surface area contributed by atoms with Crippen molar-refractivity contribution < 1.29 is 9.53 Å². The summed E-state index contributed by atoms with van der Waals surface area (Å²) in [6.45, 7) is 0.951. The third kappa shape index (κ3) is 3.16. The second kappa shape index (κ2) is 5.21. The molecule has 0 aliphatic rings. The van der Waals surface area contributed by atoms with E-state index in [0.717, 1.165) is 0 Å². The van der Waals surface area contributed by atoms with Crippen LogP contribution >= 0.6 is 0 Å². The lowest BCUT2D eigenvalue weighted by molar-refractivity contribution is 0.0926. The van der Waals surface area contributed by atoms with Gasteiger partial charge in [0, 0.05) is 26.0 Å². The Kier molecular flexibility index (Phi) is 3.84. The van der Waals surface area contributed by atoms with Crippen molar-refractivity contribution in [2.75, 3.05) is 20.3 Å². The molecule has 1 aromatic heterocycles. The number of hydrogen-bond acceptors (Lipinski definition) is 4. The molecule has 0 aliphatic heterocycles. The van der Waals surface area contributed by atoms with Crippen LogP contribution in [0, 0.1) is 0 Å². The van der Waals surface area contributed by atoms with E-state index in [1.54, 1.807) is 13.2 Å². The van der Waals surface area contributed by atoms with Crippen LogP contribution < -0.4 is 5.32 Å². The number of rotatable bonds is 4. The van der Waals surface area contributed by atoms with Gasteiger partial charge in [0.25, 0.3) is 5.91 Å². The fraction of sp³-hybridized carbons (Fsp3) is 0.375. The van der Waals surface area contributed by atoms with E-state index < -0.39 is 0 Å². The largest absolute Gasteiger partial charge is 0.383 e. The minimum atomic E-state index is -0.280. The zero-order chi connectivity index (χ0) is 9.52. The third-order valence-corrected chi connectivity index (χ3v) is 1.36. The predicted octanol–water partition coefficient (Wildman–Crippen LogP) is -0.147. The molecule has 5 heteroatoms. The lowest BCUT2D eigenvalue weighted by atomic mass is 10.5. The van der Waals surface area contributed by atoms with Crippen LogP contribution in [0.2, 0.25) is 0 Å². The van der Waals surface area contributed by atoms with Gasteiger partial charge >= 0.3 is 0 Å². The molecule has 0 unspecified atom stereocenters. The van der Waals surface area contributed by atoms with Crippen molar-refractivity contribution in [3.05, 3.63) is 24.3 Å². The van der Waals surface area contributed by atoms with E-state index in [1.165, 1.54) is 12.4 Å². The van der Waals surface area contributed by atoms with Gasteiger partial charge < -0.3 is 10.1 Å². The van der Waals surface area contributed by atoms with Crippen LogP contribution in [0.25, 0.3) is 0 Å². The van der Waals surface area contributed by atoms with E-state index >= 15 is 0 Å². The maximum atomic E-state index is 11.2. The zero-order valence-corrected chi connectivity index (χ0v) is 7.36. The molecule has 1 aromatic rings. The van der Waals surface area contributed by atoms with Gasteiger partial charge in [-0.3, -0.25) is 4.79 Å². The van der Waals surface area contributed by atoms with Crippen molar-refractivity contribution in [2.24, 2.45) is 0 Å². The summed E-state index contributed by atoms with van der Waals surface area (Å²) >= 11 is 0. The van der Waals surface area contributed by atoms with E-state index in [9.17, 15) is 4.79 Å². The number of methoxy groups -OCH3 is 1. The molecule has 70 valence electrons. The molecule has 0 aromatic carbocycles. The molecule has 0 saturated heterocycles. The van der Waals surface area contributed by atoms with Gasteiger partial charge in [0.1, 0.15) is 0 Å². The maximum Gasteiger partial charge on any atom is 0.289 e. The van der Waals surface area contributed by atoms with Gasteiger partial charge in [0.15, 0.2) is 0 Å². The molecule has 1 amide bonds. The highest BCUT2D eigenvalue weighted by atomic mass is 16.5. The first kappa shape index (κ1) is 9.60. The van der Waals surface area contributed by atoms with E-state index in [4.69, 9.17) is 4.74 Å². The molecule has 1 N–H and O–H groups in total. The van der Waals surface area contributed by atoms with Gasteiger partial charge in [0.2, 0.25) is 5.82 Å². The van der Waals surface area contributed by atoms with Crippen molar-refractivity contribution in [1.82, 2.24) is 15.3 Å². The molecule has 1 rings (SSSR count). The predicted molar refractivity (Wildman–Crippen MR) is 46.2 cm³/mol. The molecule has 0 aliphatic carbocycles. The Morgan fingerprint density at radius 2 is 2.23 bits per heavy atom. The van der Waals surface area contributed by atoms with Crippen molar-refractivity contribution in [2.45, 2.75) is 0 Å². The quantitative estimate of drug-likeness (QED) is 0.656. The molecule has 0 saturated carbocycles. The number of nitrogens with one attached hydrogen (secondary N) is 1. The summed E-state index contributed by atoms with van der Waals surface area (Å²) in [5, 5.41) is 2.61. The van der Waals surface area contributed by atoms with Crippen molar-refractivity contribution in [3.8, 4) is 0 Å². The first-order chi connectivity index (χ1) is 6.34. The fourth-order valence-corrected chi connectivity index (χ4v) is 0.762. The van der Waals surface area contributed by atoms with Crippen molar-refractivity contribution in [1.29, 1.82) is 0 Å². The Morgan fingerprint density at radius 3 is 2.85 bits per heavy atom. The van der Waals surface area contributed by atoms with Gasteiger partial charge in [0.05, 0.1) is 6.61 Å². The second-order valence-electron chi connectivity index (χ2n) is 2.32. The Morgan fingerprint density at radius 1 is 1.54 bits per heavy atom. The van der Waals surface area contributed by atoms with E-state index in [2.05, 4.69) is 15.3 Å². The summed E-state index contributed by atoms with van der Waals surface area (Å²) in [7, 11) is 1.57. The smallest absolute Gasteiger partial charge is 0.289 e. The highest BCUT2D eigenvalue weighted by molar-refractivity contribution is 5.90. The number of carbonyl (C=O) groups excluding carboxylic acids is 1. The van der Waals surface area contributed by atoms with Crippen LogP contribution in [0.3, 0.4) is 0 Å². The van der Waals surface area contributed by atoms with Gasteiger partial charge in [-0.25, -0.2) is 9.97 Å². The Balaban J connectivity index is 2.40. The number of nitrogens with zero attached hydrogens (tertiary/aromatic N) is 2. The minimum Gasteiger partial charge on any atom is -0.383 e. The van der Waals surface area contributed by atoms with Gasteiger partial charge in [-0.1, -0.05) is 0 Å². The first-order valence-corrected chi connectivity index (χ1v) is 3.88. The van der Waals surface area contributed by atoms with Gasteiger partial charge in [-0.05, 0) is 6.07 Å². The zero-order valence-electron chi connectivity index (χ0n) is 7.36. The van der Waals surface area contributed by atoms with Crippen molar-refractivity contribution in [3.63, 3.8) is 0 Å². The highest BCUT2D eigenvalue weighted by Gasteiger charge is 2.05. The summed E-state index contributed by atoms with van der Waals surface area (Å²) in [6.07, 6.45) is 3.05. The average molecular weight is 181 g/mol. The van der Waals surface area contributed by atoms with Crippen LogP contribution in [0.1, 0.15) is 10.6 Å². The summed E-state index contributed by atoms with van der Waals surface area (Å²) in [6, 6.07) is 1.66.